The van der Waals surface area contributed by atoms with Crippen LogP contribution in [0, 0.1) is 5.92 Å². The zero-order chi connectivity index (χ0) is 14.3. The van der Waals surface area contributed by atoms with Gasteiger partial charge in [-0.15, -0.1) is 0 Å². The highest BCUT2D eigenvalue weighted by Crippen LogP contribution is 2.28. The van der Waals surface area contributed by atoms with E-state index in [2.05, 4.69) is 39.1 Å². The number of nitrogens with one attached hydrogen (secondary N) is 1. The van der Waals surface area contributed by atoms with Gasteiger partial charge < -0.3 is 10.1 Å². The predicted octanol–water partition coefficient (Wildman–Crippen LogP) is 4.83. The van der Waals surface area contributed by atoms with Gasteiger partial charge in [0.25, 0.3) is 0 Å². The smallest absolute Gasteiger partial charge is 0.137 e. The van der Waals surface area contributed by atoms with Gasteiger partial charge in [0.05, 0.1) is 11.6 Å². The molecule has 1 rings (SSSR count). The van der Waals surface area contributed by atoms with Crippen LogP contribution in [0.25, 0.3) is 0 Å². The van der Waals surface area contributed by atoms with Gasteiger partial charge in [0.2, 0.25) is 0 Å². The second-order valence-corrected chi connectivity index (χ2v) is 5.76. The molecule has 0 saturated heterocycles. The van der Waals surface area contributed by atoms with Crippen LogP contribution < -0.4 is 10.1 Å². The van der Waals surface area contributed by atoms with E-state index >= 15 is 0 Å². The Morgan fingerprint density at radius 2 is 2.00 bits per heavy atom. The maximum Gasteiger partial charge on any atom is 0.137 e. The van der Waals surface area contributed by atoms with Gasteiger partial charge in [-0.3, -0.25) is 0 Å². The molecular weight excluding hydrogens is 258 g/mol. The summed E-state index contributed by atoms with van der Waals surface area (Å²) in [6, 6.07) is 6.36. The summed E-state index contributed by atoms with van der Waals surface area (Å²) in [6.45, 7) is 10.4. The first-order valence-electron chi connectivity index (χ1n) is 7.20. The van der Waals surface area contributed by atoms with Crippen molar-refractivity contribution in [1.29, 1.82) is 0 Å². The molecule has 1 aromatic carbocycles. The zero-order valence-corrected chi connectivity index (χ0v) is 13.3. The molecule has 19 heavy (non-hydrogen) atoms. The number of benzene rings is 1. The molecule has 0 spiro atoms. The summed E-state index contributed by atoms with van der Waals surface area (Å²) in [7, 11) is 0. The van der Waals surface area contributed by atoms with Crippen LogP contribution in [0.1, 0.15) is 52.1 Å². The van der Waals surface area contributed by atoms with Crippen LogP contribution >= 0.6 is 11.6 Å². The van der Waals surface area contributed by atoms with E-state index in [4.69, 9.17) is 16.3 Å². The van der Waals surface area contributed by atoms with Crippen LogP contribution in [0.2, 0.25) is 5.02 Å². The predicted molar refractivity (Wildman–Crippen MR) is 83.1 cm³/mol. The molecule has 0 aliphatic heterocycles. The Labute approximate surface area is 122 Å². The van der Waals surface area contributed by atoms with Crippen LogP contribution in [0.3, 0.4) is 0 Å². The van der Waals surface area contributed by atoms with Gasteiger partial charge in [-0.25, -0.2) is 0 Å². The van der Waals surface area contributed by atoms with Crippen molar-refractivity contribution in [2.45, 2.75) is 46.6 Å². The van der Waals surface area contributed by atoms with Gasteiger partial charge in [-0.1, -0.05) is 38.4 Å². The summed E-state index contributed by atoms with van der Waals surface area (Å²) in [6.07, 6.45) is 2.26. The topological polar surface area (TPSA) is 21.3 Å². The van der Waals surface area contributed by atoms with Crippen molar-refractivity contribution >= 4 is 11.6 Å². The molecule has 0 saturated carbocycles. The van der Waals surface area contributed by atoms with Gasteiger partial charge in [0, 0.05) is 6.04 Å². The van der Waals surface area contributed by atoms with Crippen LogP contribution in [0.15, 0.2) is 18.2 Å². The van der Waals surface area contributed by atoms with E-state index in [0.29, 0.717) is 11.1 Å². The number of halogens is 1. The molecule has 2 nitrogen and oxygen atoms in total. The fraction of sp³-hybridized carbons (Fsp3) is 0.625. The Bertz CT molecular complexity index is 379. The summed E-state index contributed by atoms with van der Waals surface area (Å²) in [5, 5.41) is 4.07. The molecule has 1 atom stereocenters. The third-order valence-electron chi connectivity index (χ3n) is 3.15. The minimum atomic E-state index is 0.317. The maximum absolute atomic E-state index is 6.26. The Kier molecular flexibility index (Phi) is 7.25. The highest BCUT2D eigenvalue weighted by molar-refractivity contribution is 6.32. The lowest BCUT2D eigenvalue weighted by molar-refractivity contribution is 0.298. The largest absolute Gasteiger partial charge is 0.492 e. The number of rotatable bonds is 8. The molecule has 0 aliphatic rings. The normalized spacial score (nSPS) is 12.7. The summed E-state index contributed by atoms with van der Waals surface area (Å²) in [5.41, 5.74) is 1.20. The third-order valence-corrected chi connectivity index (χ3v) is 3.44. The first-order chi connectivity index (χ1) is 9.04. The molecule has 0 amide bonds. The van der Waals surface area contributed by atoms with E-state index in [1.165, 1.54) is 12.0 Å². The van der Waals surface area contributed by atoms with Crippen LogP contribution in [0.4, 0.5) is 0 Å². The molecule has 3 heteroatoms. The molecule has 1 N–H and O–H groups in total. The average molecular weight is 284 g/mol. The lowest BCUT2D eigenvalue weighted by Gasteiger charge is -2.15. The van der Waals surface area contributed by atoms with Crippen LogP contribution in [-0.4, -0.2) is 13.2 Å². The summed E-state index contributed by atoms with van der Waals surface area (Å²) >= 11 is 6.26. The van der Waals surface area contributed by atoms with Crippen molar-refractivity contribution in [2.24, 2.45) is 5.92 Å². The summed E-state index contributed by atoms with van der Waals surface area (Å²) in [5.74, 6) is 1.51. The fourth-order valence-electron chi connectivity index (χ4n) is 2.00. The maximum atomic E-state index is 6.26. The minimum Gasteiger partial charge on any atom is -0.492 e. The standard InChI is InChI=1S/C16H26ClNO/c1-5-18-13(4)14-8-9-16(15(17)11-14)19-10-6-7-12(2)3/h8-9,11-13,18H,5-7,10H2,1-4H3. The van der Waals surface area contributed by atoms with Crippen molar-refractivity contribution in [2.75, 3.05) is 13.2 Å². The Balaban J connectivity index is 2.52. The molecule has 1 unspecified atom stereocenters. The van der Waals surface area contributed by atoms with Crippen LogP contribution in [0.5, 0.6) is 5.75 Å². The Morgan fingerprint density at radius 3 is 2.58 bits per heavy atom. The monoisotopic (exact) mass is 283 g/mol. The lowest BCUT2D eigenvalue weighted by atomic mass is 10.1. The molecule has 0 fully saturated rings. The van der Waals surface area contributed by atoms with Gasteiger partial charge in [0.1, 0.15) is 5.75 Å². The SMILES string of the molecule is CCNC(C)c1ccc(OCCCC(C)C)c(Cl)c1. The summed E-state index contributed by atoms with van der Waals surface area (Å²) < 4.78 is 5.73. The summed E-state index contributed by atoms with van der Waals surface area (Å²) in [4.78, 5) is 0. The van der Waals surface area contributed by atoms with Crippen molar-refractivity contribution < 1.29 is 4.74 Å². The van der Waals surface area contributed by atoms with Crippen molar-refractivity contribution in [3.05, 3.63) is 28.8 Å². The highest BCUT2D eigenvalue weighted by atomic mass is 35.5. The Morgan fingerprint density at radius 1 is 1.26 bits per heavy atom. The quantitative estimate of drug-likeness (QED) is 0.690. The minimum absolute atomic E-state index is 0.317. The Hall–Kier alpha value is -0.730. The molecule has 0 heterocycles. The molecule has 0 aromatic heterocycles. The van der Waals surface area contributed by atoms with Crippen molar-refractivity contribution in [3.63, 3.8) is 0 Å². The molecule has 0 bridgehead atoms. The fourth-order valence-corrected chi connectivity index (χ4v) is 2.24. The molecule has 0 aliphatic carbocycles. The first-order valence-corrected chi connectivity index (χ1v) is 7.58. The second kappa shape index (κ2) is 8.44. The van der Waals surface area contributed by atoms with E-state index in [-0.39, 0.29) is 0 Å². The van der Waals surface area contributed by atoms with E-state index in [9.17, 15) is 0 Å². The van der Waals surface area contributed by atoms with Gasteiger partial charge >= 0.3 is 0 Å². The first kappa shape index (κ1) is 16.3. The lowest BCUT2D eigenvalue weighted by Crippen LogP contribution is -2.17. The average Bonchev–Trinajstić information content (AvgIpc) is 2.36. The third kappa shape index (κ3) is 5.84. The van der Waals surface area contributed by atoms with E-state index in [0.717, 1.165) is 31.2 Å². The van der Waals surface area contributed by atoms with Gasteiger partial charge in [-0.2, -0.15) is 0 Å². The van der Waals surface area contributed by atoms with E-state index in [1.54, 1.807) is 0 Å². The second-order valence-electron chi connectivity index (χ2n) is 5.35. The van der Waals surface area contributed by atoms with Gasteiger partial charge in [-0.05, 0) is 49.9 Å². The van der Waals surface area contributed by atoms with E-state index < -0.39 is 0 Å². The zero-order valence-electron chi connectivity index (χ0n) is 12.5. The highest BCUT2D eigenvalue weighted by Gasteiger charge is 2.08. The van der Waals surface area contributed by atoms with E-state index in [1.807, 2.05) is 12.1 Å². The van der Waals surface area contributed by atoms with Crippen LogP contribution in [-0.2, 0) is 0 Å². The molecule has 108 valence electrons. The molecular formula is C16H26ClNO. The van der Waals surface area contributed by atoms with Gasteiger partial charge in [0.15, 0.2) is 0 Å². The molecule has 1 aromatic rings. The molecule has 0 radical (unpaired) electrons. The number of ether oxygens (including phenoxy) is 1. The van der Waals surface area contributed by atoms with Crippen molar-refractivity contribution in [1.82, 2.24) is 5.32 Å². The number of hydrogen-bond donors (Lipinski definition) is 1. The number of hydrogen-bond acceptors (Lipinski definition) is 2. The van der Waals surface area contributed by atoms with Crippen molar-refractivity contribution in [3.8, 4) is 5.75 Å².